The van der Waals surface area contributed by atoms with Gasteiger partial charge in [0.15, 0.2) is 0 Å². The molecule has 0 saturated carbocycles. The molecule has 4 rings (SSSR count). The standard InChI is InChI=1S/C27H28ClN3OS/c1-3-14-33-23-12-13-25-24(17-23)30-27(31(25)18-21-10-7-11-22(28)15-21)19(2)29-26(32)16-20-8-5-4-6-9-20/h4-13,15,17,19H,3,14,16,18H2,1-2H3,(H,29,32). The molecule has 6 heteroatoms. The van der Waals surface area contributed by atoms with Crippen LogP contribution in [0.5, 0.6) is 0 Å². The number of halogens is 1. The second-order valence-electron chi connectivity index (χ2n) is 8.14. The fraction of sp³-hybridized carbons (Fsp3) is 0.259. The zero-order valence-electron chi connectivity index (χ0n) is 18.9. The summed E-state index contributed by atoms with van der Waals surface area (Å²) in [5, 5.41) is 3.85. The maximum absolute atomic E-state index is 12.7. The Kier molecular flexibility index (Phi) is 7.73. The van der Waals surface area contributed by atoms with E-state index in [-0.39, 0.29) is 11.9 Å². The molecule has 1 atom stereocenters. The number of hydrogen-bond donors (Lipinski definition) is 1. The van der Waals surface area contributed by atoms with Gasteiger partial charge in [-0.3, -0.25) is 4.79 Å². The van der Waals surface area contributed by atoms with Gasteiger partial charge in [0, 0.05) is 16.5 Å². The van der Waals surface area contributed by atoms with Crippen LogP contribution in [0.25, 0.3) is 11.0 Å². The summed E-state index contributed by atoms with van der Waals surface area (Å²) in [5.74, 6) is 1.89. The largest absolute Gasteiger partial charge is 0.346 e. The van der Waals surface area contributed by atoms with Crippen molar-refractivity contribution in [2.24, 2.45) is 0 Å². The van der Waals surface area contributed by atoms with E-state index >= 15 is 0 Å². The first-order valence-corrected chi connectivity index (χ1v) is 12.6. The summed E-state index contributed by atoms with van der Waals surface area (Å²) >= 11 is 8.08. The van der Waals surface area contributed by atoms with E-state index in [0.29, 0.717) is 18.0 Å². The summed E-state index contributed by atoms with van der Waals surface area (Å²) in [5.41, 5.74) is 4.08. The van der Waals surface area contributed by atoms with Crippen molar-refractivity contribution in [2.45, 2.75) is 44.2 Å². The van der Waals surface area contributed by atoms with Crippen LogP contribution in [0.1, 0.15) is 43.3 Å². The van der Waals surface area contributed by atoms with Gasteiger partial charge in [-0.2, -0.15) is 0 Å². The molecular weight excluding hydrogens is 450 g/mol. The molecule has 0 spiro atoms. The van der Waals surface area contributed by atoms with E-state index in [4.69, 9.17) is 16.6 Å². The first kappa shape index (κ1) is 23.4. The van der Waals surface area contributed by atoms with Crippen LogP contribution in [0.3, 0.4) is 0 Å². The smallest absolute Gasteiger partial charge is 0.224 e. The SMILES string of the molecule is CCCSc1ccc2c(c1)nc(C(C)NC(=O)Cc1ccccc1)n2Cc1cccc(Cl)c1. The first-order chi connectivity index (χ1) is 16.0. The zero-order valence-corrected chi connectivity index (χ0v) is 20.5. The molecule has 1 heterocycles. The highest BCUT2D eigenvalue weighted by atomic mass is 35.5. The summed E-state index contributed by atoms with van der Waals surface area (Å²) in [4.78, 5) is 18.9. The van der Waals surface area contributed by atoms with E-state index in [1.54, 1.807) is 0 Å². The van der Waals surface area contributed by atoms with Gasteiger partial charge in [-0.1, -0.05) is 61.0 Å². The van der Waals surface area contributed by atoms with Gasteiger partial charge in [-0.25, -0.2) is 4.98 Å². The highest BCUT2D eigenvalue weighted by Crippen LogP contribution is 2.28. The lowest BCUT2D eigenvalue weighted by Crippen LogP contribution is -2.30. The van der Waals surface area contributed by atoms with E-state index in [9.17, 15) is 4.79 Å². The molecule has 0 fully saturated rings. The maximum atomic E-state index is 12.7. The van der Waals surface area contributed by atoms with E-state index in [1.165, 1.54) is 4.90 Å². The van der Waals surface area contributed by atoms with Crippen molar-refractivity contribution in [3.8, 4) is 0 Å². The Hall–Kier alpha value is -2.76. The number of thioether (sulfide) groups is 1. The fourth-order valence-corrected chi connectivity index (χ4v) is 4.90. The number of benzene rings is 3. The second-order valence-corrected chi connectivity index (χ2v) is 9.74. The van der Waals surface area contributed by atoms with Crippen LogP contribution < -0.4 is 5.32 Å². The summed E-state index contributed by atoms with van der Waals surface area (Å²) in [6.45, 7) is 4.81. The molecule has 0 radical (unpaired) electrons. The zero-order chi connectivity index (χ0) is 23.2. The molecule has 1 aromatic heterocycles. The first-order valence-electron chi connectivity index (χ1n) is 11.2. The normalized spacial score (nSPS) is 12.1. The molecule has 1 N–H and O–H groups in total. The molecule has 3 aromatic carbocycles. The van der Waals surface area contributed by atoms with Gasteiger partial charge in [0.2, 0.25) is 5.91 Å². The summed E-state index contributed by atoms with van der Waals surface area (Å²) < 4.78 is 2.18. The molecule has 0 bridgehead atoms. The van der Waals surface area contributed by atoms with Crippen molar-refractivity contribution in [3.05, 3.63) is 94.8 Å². The lowest BCUT2D eigenvalue weighted by atomic mass is 10.1. The van der Waals surface area contributed by atoms with Gasteiger partial charge in [0.1, 0.15) is 5.82 Å². The van der Waals surface area contributed by atoms with Crippen LogP contribution >= 0.6 is 23.4 Å². The average Bonchev–Trinajstić information content (AvgIpc) is 3.16. The molecule has 0 aliphatic carbocycles. The number of rotatable bonds is 9. The van der Waals surface area contributed by atoms with Gasteiger partial charge in [0.05, 0.1) is 23.5 Å². The molecule has 0 aliphatic rings. The summed E-state index contributed by atoms with van der Waals surface area (Å²) in [6, 6.07) is 23.8. The highest BCUT2D eigenvalue weighted by molar-refractivity contribution is 7.99. The van der Waals surface area contributed by atoms with Crippen LogP contribution in [-0.4, -0.2) is 21.2 Å². The van der Waals surface area contributed by atoms with Gasteiger partial charge in [-0.15, -0.1) is 11.8 Å². The monoisotopic (exact) mass is 477 g/mol. The van der Waals surface area contributed by atoms with Crippen LogP contribution in [0.4, 0.5) is 0 Å². The van der Waals surface area contributed by atoms with Crippen LogP contribution in [-0.2, 0) is 17.8 Å². The Morgan fingerprint density at radius 1 is 1.06 bits per heavy atom. The highest BCUT2D eigenvalue weighted by Gasteiger charge is 2.19. The maximum Gasteiger partial charge on any atom is 0.224 e. The Bertz CT molecular complexity index is 1240. The van der Waals surface area contributed by atoms with Gasteiger partial charge >= 0.3 is 0 Å². The van der Waals surface area contributed by atoms with E-state index in [1.807, 2.05) is 67.2 Å². The number of carbonyl (C=O) groups excluding carboxylic acids is 1. The van der Waals surface area contributed by atoms with Crippen molar-refractivity contribution in [1.82, 2.24) is 14.9 Å². The van der Waals surface area contributed by atoms with Crippen molar-refractivity contribution >= 4 is 40.3 Å². The molecule has 1 unspecified atom stereocenters. The average molecular weight is 478 g/mol. The number of fused-ring (bicyclic) bond motifs is 1. The fourth-order valence-electron chi connectivity index (χ4n) is 3.89. The Morgan fingerprint density at radius 2 is 1.85 bits per heavy atom. The lowest BCUT2D eigenvalue weighted by Gasteiger charge is -2.17. The third-order valence-corrected chi connectivity index (χ3v) is 6.86. The Morgan fingerprint density at radius 3 is 2.61 bits per heavy atom. The number of imidazole rings is 1. The molecule has 0 saturated heterocycles. The van der Waals surface area contributed by atoms with Crippen molar-refractivity contribution < 1.29 is 4.79 Å². The minimum atomic E-state index is -0.237. The van der Waals surface area contributed by atoms with Crippen LogP contribution in [0.15, 0.2) is 77.7 Å². The number of hydrogen-bond acceptors (Lipinski definition) is 3. The lowest BCUT2D eigenvalue weighted by molar-refractivity contribution is -0.121. The summed E-state index contributed by atoms with van der Waals surface area (Å²) in [7, 11) is 0. The molecule has 4 aromatic rings. The topological polar surface area (TPSA) is 46.9 Å². The molecule has 33 heavy (non-hydrogen) atoms. The third kappa shape index (κ3) is 5.98. The van der Waals surface area contributed by atoms with Crippen LogP contribution in [0.2, 0.25) is 5.02 Å². The number of amides is 1. The predicted molar refractivity (Wildman–Crippen MR) is 138 cm³/mol. The van der Waals surface area contributed by atoms with Gasteiger partial charge < -0.3 is 9.88 Å². The summed E-state index contributed by atoms with van der Waals surface area (Å²) in [6.07, 6.45) is 1.47. The Labute approximate surface area is 204 Å². The van der Waals surface area contributed by atoms with E-state index in [2.05, 4.69) is 41.1 Å². The number of aromatic nitrogens is 2. The Balaban J connectivity index is 1.64. The number of carbonyl (C=O) groups is 1. The minimum absolute atomic E-state index is 0.0192. The van der Waals surface area contributed by atoms with E-state index < -0.39 is 0 Å². The third-order valence-electron chi connectivity index (χ3n) is 5.42. The van der Waals surface area contributed by atoms with Crippen molar-refractivity contribution in [3.63, 3.8) is 0 Å². The molecule has 0 aliphatic heterocycles. The van der Waals surface area contributed by atoms with Gasteiger partial charge in [0.25, 0.3) is 0 Å². The van der Waals surface area contributed by atoms with Gasteiger partial charge in [-0.05, 0) is 60.6 Å². The molecular formula is C27H28ClN3OS. The predicted octanol–water partition coefficient (Wildman–Crippen LogP) is 6.66. The molecule has 170 valence electrons. The van der Waals surface area contributed by atoms with Crippen LogP contribution in [0, 0.1) is 0 Å². The molecule has 4 nitrogen and oxygen atoms in total. The minimum Gasteiger partial charge on any atom is -0.346 e. The van der Waals surface area contributed by atoms with Crippen molar-refractivity contribution in [1.29, 1.82) is 0 Å². The molecule has 1 amide bonds. The number of nitrogens with one attached hydrogen (secondary N) is 1. The van der Waals surface area contributed by atoms with E-state index in [0.717, 1.165) is 40.2 Å². The number of nitrogens with zero attached hydrogens (tertiary/aromatic N) is 2. The second kappa shape index (κ2) is 10.9. The van der Waals surface area contributed by atoms with Crippen molar-refractivity contribution in [2.75, 3.05) is 5.75 Å². The quantitative estimate of drug-likeness (QED) is 0.274.